The average molecular weight is 320 g/mol. The van der Waals surface area contributed by atoms with E-state index < -0.39 is 0 Å². The summed E-state index contributed by atoms with van der Waals surface area (Å²) in [5.41, 5.74) is 0.720. The summed E-state index contributed by atoms with van der Waals surface area (Å²) in [6, 6.07) is 19.4. The van der Waals surface area contributed by atoms with Crippen molar-refractivity contribution in [2.24, 2.45) is 7.05 Å². The fourth-order valence-electron chi connectivity index (χ4n) is 2.12. The molecule has 5 heteroatoms. The lowest BCUT2D eigenvalue weighted by atomic mass is 10.2. The van der Waals surface area contributed by atoms with Crippen molar-refractivity contribution in [1.29, 1.82) is 0 Å². The fraction of sp³-hybridized carbons (Fsp3) is 0.0526. The summed E-state index contributed by atoms with van der Waals surface area (Å²) in [6.07, 6.45) is 1.56. The lowest BCUT2D eigenvalue weighted by Crippen LogP contribution is -2.19. The molecule has 0 aliphatic heterocycles. The van der Waals surface area contributed by atoms with Crippen LogP contribution >= 0.6 is 0 Å². The highest BCUT2D eigenvalue weighted by molar-refractivity contribution is 6.04. The van der Waals surface area contributed by atoms with Gasteiger partial charge in [-0.2, -0.15) is 0 Å². The van der Waals surface area contributed by atoms with Crippen LogP contribution in [0.1, 0.15) is 10.4 Å². The predicted molar refractivity (Wildman–Crippen MR) is 92.6 cm³/mol. The van der Waals surface area contributed by atoms with Gasteiger partial charge in [-0.25, -0.2) is 0 Å². The molecule has 0 radical (unpaired) electrons. The molecule has 2 aromatic carbocycles. The minimum absolute atomic E-state index is 0.228. The molecule has 5 nitrogen and oxygen atoms in total. The van der Waals surface area contributed by atoms with Crippen molar-refractivity contribution in [3.05, 3.63) is 88.8 Å². The van der Waals surface area contributed by atoms with E-state index in [1.807, 2.05) is 30.3 Å². The van der Waals surface area contributed by atoms with Crippen LogP contribution in [-0.2, 0) is 7.05 Å². The van der Waals surface area contributed by atoms with E-state index in [4.69, 9.17) is 4.74 Å². The molecule has 0 spiro atoms. The van der Waals surface area contributed by atoms with Gasteiger partial charge in [-0.05, 0) is 42.5 Å². The highest BCUT2D eigenvalue weighted by atomic mass is 16.5. The summed E-state index contributed by atoms with van der Waals surface area (Å²) in [5, 5.41) is 2.75. The Morgan fingerprint density at radius 2 is 1.62 bits per heavy atom. The normalized spacial score (nSPS) is 10.2. The van der Waals surface area contributed by atoms with Gasteiger partial charge < -0.3 is 14.6 Å². The summed E-state index contributed by atoms with van der Waals surface area (Å²) >= 11 is 0. The Bertz CT molecular complexity index is 900. The molecule has 0 saturated heterocycles. The summed E-state index contributed by atoms with van der Waals surface area (Å²) in [5.74, 6) is 1.09. The first kappa shape index (κ1) is 15.6. The number of amides is 1. The molecule has 0 fully saturated rings. The van der Waals surface area contributed by atoms with Crippen molar-refractivity contribution in [1.82, 2.24) is 4.57 Å². The van der Waals surface area contributed by atoms with Gasteiger partial charge in [0.05, 0.1) is 0 Å². The molecule has 1 amide bonds. The Balaban J connectivity index is 1.68. The maximum Gasteiger partial charge on any atom is 0.255 e. The molecule has 1 aromatic heterocycles. The molecule has 120 valence electrons. The van der Waals surface area contributed by atoms with Crippen molar-refractivity contribution in [3.63, 3.8) is 0 Å². The predicted octanol–water partition coefficient (Wildman–Crippen LogP) is 3.43. The standard InChI is InChI=1S/C19H16N2O3/c1-21-12-11-14(13-18(21)22)19(23)20-15-7-9-17(10-8-15)24-16-5-3-2-4-6-16/h2-13H,1H3,(H,20,23). The molecule has 0 atom stereocenters. The Kier molecular flexibility index (Phi) is 4.43. The van der Waals surface area contributed by atoms with Gasteiger partial charge in [0.25, 0.3) is 11.5 Å². The highest BCUT2D eigenvalue weighted by Crippen LogP contribution is 2.22. The zero-order valence-electron chi connectivity index (χ0n) is 13.1. The van der Waals surface area contributed by atoms with Gasteiger partial charge in [0.2, 0.25) is 0 Å². The number of pyridine rings is 1. The Labute approximate surface area is 139 Å². The molecule has 0 aliphatic rings. The molecule has 0 bridgehead atoms. The van der Waals surface area contributed by atoms with Crippen LogP contribution in [0.5, 0.6) is 11.5 Å². The second-order valence-electron chi connectivity index (χ2n) is 5.26. The average Bonchev–Trinajstić information content (AvgIpc) is 2.60. The van der Waals surface area contributed by atoms with E-state index in [1.165, 1.54) is 10.6 Å². The van der Waals surface area contributed by atoms with Crippen LogP contribution in [0.2, 0.25) is 0 Å². The number of rotatable bonds is 4. The number of carbonyl (C=O) groups is 1. The second kappa shape index (κ2) is 6.83. The number of hydrogen-bond acceptors (Lipinski definition) is 3. The molecule has 1 heterocycles. The topological polar surface area (TPSA) is 60.3 Å². The van der Waals surface area contributed by atoms with Gasteiger partial charge in [0.15, 0.2) is 0 Å². The molecule has 1 N–H and O–H groups in total. The van der Waals surface area contributed by atoms with E-state index in [9.17, 15) is 9.59 Å². The molecule has 0 unspecified atom stereocenters. The van der Waals surface area contributed by atoms with Crippen molar-refractivity contribution < 1.29 is 9.53 Å². The second-order valence-corrected chi connectivity index (χ2v) is 5.26. The number of hydrogen-bond donors (Lipinski definition) is 1. The largest absolute Gasteiger partial charge is 0.457 e. The fourth-order valence-corrected chi connectivity index (χ4v) is 2.12. The first-order valence-corrected chi connectivity index (χ1v) is 7.43. The SMILES string of the molecule is Cn1ccc(C(=O)Nc2ccc(Oc3ccccc3)cc2)cc1=O. The minimum atomic E-state index is -0.329. The molecule has 3 aromatic rings. The van der Waals surface area contributed by atoms with Gasteiger partial charge >= 0.3 is 0 Å². The highest BCUT2D eigenvalue weighted by Gasteiger charge is 2.07. The third kappa shape index (κ3) is 3.70. The number of nitrogens with zero attached hydrogens (tertiary/aromatic N) is 1. The number of ether oxygens (including phenoxy) is 1. The van der Waals surface area contributed by atoms with Crippen LogP contribution in [0.3, 0.4) is 0 Å². The Hall–Kier alpha value is -3.34. The van der Waals surface area contributed by atoms with Crippen molar-refractivity contribution in [3.8, 4) is 11.5 Å². The number of nitrogens with one attached hydrogen (secondary N) is 1. The van der Waals surface area contributed by atoms with E-state index >= 15 is 0 Å². The van der Waals surface area contributed by atoms with Gasteiger partial charge in [0, 0.05) is 30.6 Å². The van der Waals surface area contributed by atoms with Gasteiger partial charge in [-0.1, -0.05) is 18.2 Å². The maximum atomic E-state index is 12.2. The molecule has 24 heavy (non-hydrogen) atoms. The molecular formula is C19H16N2O3. The first-order chi connectivity index (χ1) is 11.6. The third-order valence-corrected chi connectivity index (χ3v) is 3.46. The lowest BCUT2D eigenvalue weighted by Gasteiger charge is -2.08. The Morgan fingerprint density at radius 3 is 2.29 bits per heavy atom. The molecule has 3 rings (SSSR count). The minimum Gasteiger partial charge on any atom is -0.457 e. The maximum absolute atomic E-state index is 12.2. The summed E-state index contributed by atoms with van der Waals surface area (Å²) in [7, 11) is 1.63. The smallest absolute Gasteiger partial charge is 0.255 e. The zero-order valence-corrected chi connectivity index (χ0v) is 13.1. The molecular weight excluding hydrogens is 304 g/mol. The van der Waals surface area contributed by atoms with Gasteiger partial charge in [-0.3, -0.25) is 9.59 Å². The van der Waals surface area contributed by atoms with E-state index in [0.29, 0.717) is 17.0 Å². The van der Waals surface area contributed by atoms with Crippen LogP contribution in [0.15, 0.2) is 77.7 Å². The number of para-hydroxylation sites is 1. The van der Waals surface area contributed by atoms with Crippen molar-refractivity contribution in [2.45, 2.75) is 0 Å². The van der Waals surface area contributed by atoms with Crippen molar-refractivity contribution >= 4 is 11.6 Å². The monoisotopic (exact) mass is 320 g/mol. The van der Waals surface area contributed by atoms with E-state index in [1.54, 1.807) is 43.6 Å². The summed E-state index contributed by atoms with van der Waals surface area (Å²) in [4.78, 5) is 23.7. The van der Waals surface area contributed by atoms with E-state index in [0.717, 1.165) is 5.75 Å². The summed E-state index contributed by atoms with van der Waals surface area (Å²) < 4.78 is 7.10. The number of carbonyl (C=O) groups excluding carboxylic acids is 1. The first-order valence-electron chi connectivity index (χ1n) is 7.43. The van der Waals surface area contributed by atoms with Crippen molar-refractivity contribution in [2.75, 3.05) is 5.32 Å². The van der Waals surface area contributed by atoms with Crippen LogP contribution in [-0.4, -0.2) is 10.5 Å². The van der Waals surface area contributed by atoms with Crippen LogP contribution in [0.25, 0.3) is 0 Å². The van der Waals surface area contributed by atoms with Gasteiger partial charge in [-0.15, -0.1) is 0 Å². The third-order valence-electron chi connectivity index (χ3n) is 3.46. The summed E-state index contributed by atoms with van der Waals surface area (Å²) in [6.45, 7) is 0. The zero-order chi connectivity index (χ0) is 16.9. The Morgan fingerprint density at radius 1 is 0.958 bits per heavy atom. The van der Waals surface area contributed by atoms with Gasteiger partial charge in [0.1, 0.15) is 11.5 Å². The van der Waals surface area contributed by atoms with Crippen LogP contribution in [0, 0.1) is 0 Å². The number of aromatic nitrogens is 1. The van der Waals surface area contributed by atoms with Crippen LogP contribution in [0.4, 0.5) is 5.69 Å². The van der Waals surface area contributed by atoms with E-state index in [2.05, 4.69) is 5.32 Å². The number of aryl methyl sites for hydroxylation is 1. The molecule has 0 aliphatic carbocycles. The lowest BCUT2D eigenvalue weighted by molar-refractivity contribution is 0.102. The van der Waals surface area contributed by atoms with E-state index in [-0.39, 0.29) is 11.5 Å². The van der Waals surface area contributed by atoms with Crippen LogP contribution < -0.4 is 15.6 Å². The number of anilines is 1. The quantitative estimate of drug-likeness (QED) is 0.801. The number of benzene rings is 2. The molecule has 0 saturated carbocycles.